The normalized spacial score (nSPS) is 13.9. The zero-order chi connectivity index (χ0) is 14.3. The number of hydrogen-bond donors (Lipinski definition) is 1. The zero-order valence-electron chi connectivity index (χ0n) is 11.1. The quantitative estimate of drug-likeness (QED) is 0.697. The first-order valence-corrected chi connectivity index (χ1v) is 7.30. The molecule has 1 aromatic carbocycles. The van der Waals surface area contributed by atoms with Gasteiger partial charge in [-0.15, -0.1) is 11.3 Å². The van der Waals surface area contributed by atoms with Crippen LogP contribution in [0.3, 0.4) is 0 Å². The molecular formula is C15H14N2O2S. The number of nitrogen functional groups attached to an aromatic ring is 1. The molecule has 0 atom stereocenters. The molecule has 1 aliphatic rings. The monoisotopic (exact) mass is 286 g/mol. The summed E-state index contributed by atoms with van der Waals surface area (Å²) in [5.74, 6) is -0.492. The number of imide groups is 1. The molecule has 102 valence electrons. The molecule has 20 heavy (non-hydrogen) atoms. The average molecular weight is 286 g/mol. The van der Waals surface area contributed by atoms with Gasteiger partial charge in [-0.3, -0.25) is 14.5 Å². The maximum atomic E-state index is 12.3. The van der Waals surface area contributed by atoms with E-state index in [1.807, 2.05) is 11.4 Å². The Hall–Kier alpha value is -2.14. The molecule has 2 N–H and O–H groups in total. The number of anilines is 1. The molecule has 3 rings (SSSR count). The summed E-state index contributed by atoms with van der Waals surface area (Å²) >= 11 is 1.58. The Morgan fingerprint density at radius 1 is 1.15 bits per heavy atom. The minimum atomic E-state index is -0.257. The zero-order valence-corrected chi connectivity index (χ0v) is 11.9. The molecular weight excluding hydrogens is 272 g/mol. The van der Waals surface area contributed by atoms with Crippen LogP contribution in [0, 0.1) is 0 Å². The summed E-state index contributed by atoms with van der Waals surface area (Å²) in [5.41, 5.74) is 8.22. The average Bonchev–Trinajstić information content (AvgIpc) is 2.98. The van der Waals surface area contributed by atoms with Crippen molar-refractivity contribution >= 4 is 28.8 Å². The number of nitrogens with zero attached hydrogens (tertiary/aromatic N) is 1. The van der Waals surface area contributed by atoms with E-state index >= 15 is 0 Å². The molecule has 0 radical (unpaired) electrons. The number of hydrogen-bond acceptors (Lipinski definition) is 4. The van der Waals surface area contributed by atoms with Crippen LogP contribution in [0.2, 0.25) is 0 Å². The maximum Gasteiger partial charge on any atom is 0.261 e. The van der Waals surface area contributed by atoms with E-state index in [1.54, 1.807) is 29.5 Å². The molecule has 0 aliphatic carbocycles. The smallest absolute Gasteiger partial charge is 0.261 e. The van der Waals surface area contributed by atoms with Gasteiger partial charge in [0.15, 0.2) is 0 Å². The van der Waals surface area contributed by atoms with E-state index in [2.05, 4.69) is 6.92 Å². The lowest BCUT2D eigenvalue weighted by atomic mass is 10.1. The number of carbonyl (C=O) groups excluding carboxylic acids is 2. The number of fused-ring (bicyclic) bond motifs is 1. The lowest BCUT2D eigenvalue weighted by molar-refractivity contribution is 0.0643. The lowest BCUT2D eigenvalue weighted by Crippen LogP contribution is -2.29. The van der Waals surface area contributed by atoms with E-state index in [4.69, 9.17) is 5.73 Å². The summed E-state index contributed by atoms with van der Waals surface area (Å²) in [4.78, 5) is 27.0. The summed E-state index contributed by atoms with van der Waals surface area (Å²) in [6, 6.07) is 6.89. The Morgan fingerprint density at radius 2 is 1.90 bits per heavy atom. The molecule has 1 aliphatic heterocycles. The van der Waals surface area contributed by atoms with Gasteiger partial charge in [0.1, 0.15) is 0 Å². The molecule has 1 aromatic heterocycles. The first-order chi connectivity index (χ1) is 9.61. The molecule has 5 heteroatoms. The fraction of sp³-hybridized carbons (Fsp3) is 0.200. The second-order valence-electron chi connectivity index (χ2n) is 4.72. The minimum absolute atomic E-state index is 0.236. The number of rotatable bonds is 3. The van der Waals surface area contributed by atoms with Crippen LogP contribution in [0.1, 0.15) is 38.1 Å². The van der Waals surface area contributed by atoms with Crippen molar-refractivity contribution in [3.63, 3.8) is 0 Å². The van der Waals surface area contributed by atoms with Gasteiger partial charge in [-0.1, -0.05) is 6.92 Å². The van der Waals surface area contributed by atoms with E-state index in [0.717, 1.165) is 11.3 Å². The minimum Gasteiger partial charge on any atom is -0.399 e. The molecule has 0 bridgehead atoms. The highest BCUT2D eigenvalue weighted by Crippen LogP contribution is 2.28. The Morgan fingerprint density at radius 3 is 2.65 bits per heavy atom. The van der Waals surface area contributed by atoms with Crippen molar-refractivity contribution in [2.24, 2.45) is 0 Å². The summed E-state index contributed by atoms with van der Waals surface area (Å²) in [6.45, 7) is 2.40. The van der Waals surface area contributed by atoms with Crippen molar-refractivity contribution < 1.29 is 9.59 Å². The van der Waals surface area contributed by atoms with Crippen molar-refractivity contribution in [2.45, 2.75) is 19.9 Å². The molecule has 0 saturated carbocycles. The third-order valence-electron chi connectivity index (χ3n) is 3.52. The third kappa shape index (κ3) is 1.91. The first-order valence-electron chi connectivity index (χ1n) is 6.42. The molecule has 0 unspecified atom stereocenters. The van der Waals surface area contributed by atoms with E-state index in [1.165, 1.54) is 10.5 Å². The van der Waals surface area contributed by atoms with Gasteiger partial charge < -0.3 is 5.73 Å². The van der Waals surface area contributed by atoms with Gasteiger partial charge in [-0.2, -0.15) is 0 Å². The van der Waals surface area contributed by atoms with Gasteiger partial charge >= 0.3 is 0 Å². The van der Waals surface area contributed by atoms with Crippen molar-refractivity contribution in [1.82, 2.24) is 4.90 Å². The highest BCUT2D eigenvalue weighted by molar-refractivity contribution is 7.10. The van der Waals surface area contributed by atoms with Crippen LogP contribution < -0.4 is 5.73 Å². The standard InChI is InChI=1S/C15H14N2O2S/c1-2-9-5-6-20-13(9)8-17-14(18)11-4-3-10(16)7-12(11)15(17)19/h3-7H,2,8,16H2,1H3. The Bertz CT molecular complexity index is 706. The summed E-state index contributed by atoms with van der Waals surface area (Å²) in [5, 5.41) is 1.99. The van der Waals surface area contributed by atoms with Crippen LogP contribution in [-0.2, 0) is 13.0 Å². The Labute approximate surface area is 120 Å². The molecule has 2 amide bonds. The molecule has 0 fully saturated rings. The summed E-state index contributed by atoms with van der Waals surface area (Å²) < 4.78 is 0. The summed E-state index contributed by atoms with van der Waals surface area (Å²) in [7, 11) is 0. The number of aryl methyl sites for hydroxylation is 1. The van der Waals surface area contributed by atoms with E-state index in [0.29, 0.717) is 23.4 Å². The highest BCUT2D eigenvalue weighted by Gasteiger charge is 2.35. The number of thiophene rings is 1. The second kappa shape index (κ2) is 4.76. The van der Waals surface area contributed by atoms with Crippen molar-refractivity contribution in [2.75, 3.05) is 5.73 Å². The van der Waals surface area contributed by atoms with Crippen molar-refractivity contribution in [3.8, 4) is 0 Å². The van der Waals surface area contributed by atoms with Crippen LogP contribution in [0.15, 0.2) is 29.6 Å². The number of carbonyl (C=O) groups is 2. The number of benzene rings is 1. The van der Waals surface area contributed by atoms with Gasteiger partial charge in [0.2, 0.25) is 0 Å². The molecule has 2 aromatic rings. The topological polar surface area (TPSA) is 63.4 Å². The van der Waals surface area contributed by atoms with E-state index in [9.17, 15) is 9.59 Å². The highest BCUT2D eigenvalue weighted by atomic mass is 32.1. The maximum absolute atomic E-state index is 12.3. The van der Waals surface area contributed by atoms with Gasteiger partial charge in [0, 0.05) is 10.6 Å². The summed E-state index contributed by atoms with van der Waals surface area (Å²) in [6.07, 6.45) is 0.898. The fourth-order valence-electron chi connectivity index (χ4n) is 2.42. The molecule has 4 nitrogen and oxygen atoms in total. The Balaban J connectivity index is 1.94. The lowest BCUT2D eigenvalue weighted by Gasteiger charge is -2.13. The third-order valence-corrected chi connectivity index (χ3v) is 4.46. The van der Waals surface area contributed by atoms with Crippen LogP contribution in [0.4, 0.5) is 5.69 Å². The van der Waals surface area contributed by atoms with E-state index in [-0.39, 0.29) is 11.8 Å². The predicted molar refractivity (Wildman–Crippen MR) is 78.8 cm³/mol. The van der Waals surface area contributed by atoms with Crippen LogP contribution in [0.5, 0.6) is 0 Å². The number of nitrogens with two attached hydrogens (primary N) is 1. The largest absolute Gasteiger partial charge is 0.399 e. The van der Waals surface area contributed by atoms with Gasteiger partial charge in [-0.25, -0.2) is 0 Å². The van der Waals surface area contributed by atoms with Crippen molar-refractivity contribution in [1.29, 1.82) is 0 Å². The molecule has 0 spiro atoms. The predicted octanol–water partition coefficient (Wildman–Crippen LogP) is 2.69. The fourth-order valence-corrected chi connectivity index (χ4v) is 3.38. The van der Waals surface area contributed by atoms with E-state index < -0.39 is 0 Å². The van der Waals surface area contributed by atoms with Gasteiger partial charge in [0.05, 0.1) is 17.7 Å². The second-order valence-corrected chi connectivity index (χ2v) is 5.72. The van der Waals surface area contributed by atoms with Crippen LogP contribution in [0.25, 0.3) is 0 Å². The van der Waals surface area contributed by atoms with Crippen LogP contribution >= 0.6 is 11.3 Å². The van der Waals surface area contributed by atoms with Gasteiger partial charge in [0.25, 0.3) is 11.8 Å². The van der Waals surface area contributed by atoms with Crippen LogP contribution in [-0.4, -0.2) is 16.7 Å². The van der Waals surface area contributed by atoms with Crippen molar-refractivity contribution in [3.05, 3.63) is 51.2 Å². The first kappa shape index (κ1) is 12.9. The Kier molecular flexibility index (Phi) is 3.06. The van der Waals surface area contributed by atoms with Gasteiger partial charge in [-0.05, 0) is 41.6 Å². The number of amides is 2. The SMILES string of the molecule is CCc1ccsc1CN1C(=O)c2ccc(N)cc2C1=O. The molecule has 0 saturated heterocycles. The molecule has 2 heterocycles.